The molecular weight excluding hydrogens is 272 g/mol. The number of amides is 2. The van der Waals surface area contributed by atoms with Crippen LogP contribution < -0.4 is 4.74 Å². The summed E-state index contributed by atoms with van der Waals surface area (Å²) < 4.78 is 5.38. The number of hydrogen-bond donors (Lipinski definition) is 2. The zero-order chi connectivity index (χ0) is 15.1. The fourth-order valence-electron chi connectivity index (χ4n) is 2.29. The molecule has 0 unspecified atom stereocenters. The lowest BCUT2D eigenvalue weighted by Gasteiger charge is -2.30. The maximum absolute atomic E-state index is 12.0. The number of carbonyl (C=O) groups excluding carboxylic acids is 1. The van der Waals surface area contributed by atoms with E-state index in [1.54, 1.807) is 17.0 Å². The SMILES string of the molecule is O=C(N(O)C[C@H](O)COc1ccccc1)N1CCCCC1. The maximum Gasteiger partial charge on any atom is 0.343 e. The molecule has 2 amide bonds. The summed E-state index contributed by atoms with van der Waals surface area (Å²) in [5.41, 5.74) is 0. The number of para-hydroxylation sites is 1. The van der Waals surface area contributed by atoms with Crippen LogP contribution in [0.25, 0.3) is 0 Å². The molecule has 1 aliphatic rings. The van der Waals surface area contributed by atoms with Crippen LogP contribution in [0.5, 0.6) is 5.75 Å². The van der Waals surface area contributed by atoms with Crippen LogP contribution >= 0.6 is 0 Å². The van der Waals surface area contributed by atoms with E-state index in [4.69, 9.17) is 4.74 Å². The molecule has 1 atom stereocenters. The van der Waals surface area contributed by atoms with E-state index in [9.17, 15) is 15.1 Å². The number of hydrogen-bond acceptors (Lipinski definition) is 4. The third-order valence-corrected chi connectivity index (χ3v) is 3.42. The van der Waals surface area contributed by atoms with Crippen molar-refractivity contribution in [3.05, 3.63) is 30.3 Å². The highest BCUT2D eigenvalue weighted by Gasteiger charge is 2.23. The van der Waals surface area contributed by atoms with Gasteiger partial charge >= 0.3 is 6.03 Å². The number of aliphatic hydroxyl groups is 1. The lowest BCUT2D eigenvalue weighted by Crippen LogP contribution is -2.47. The van der Waals surface area contributed by atoms with Crippen LogP contribution in [-0.4, -0.2) is 58.7 Å². The van der Waals surface area contributed by atoms with Gasteiger partial charge in [-0.25, -0.2) is 9.86 Å². The fourth-order valence-corrected chi connectivity index (χ4v) is 2.29. The van der Waals surface area contributed by atoms with Gasteiger partial charge in [0.15, 0.2) is 0 Å². The Labute approximate surface area is 124 Å². The Hall–Kier alpha value is -1.79. The number of piperidine rings is 1. The zero-order valence-corrected chi connectivity index (χ0v) is 12.0. The van der Waals surface area contributed by atoms with Gasteiger partial charge in [-0.1, -0.05) is 18.2 Å². The number of rotatable bonds is 5. The van der Waals surface area contributed by atoms with E-state index in [1.807, 2.05) is 18.2 Å². The first-order valence-corrected chi connectivity index (χ1v) is 7.28. The van der Waals surface area contributed by atoms with Crippen LogP contribution in [0.2, 0.25) is 0 Å². The summed E-state index contributed by atoms with van der Waals surface area (Å²) in [7, 11) is 0. The van der Waals surface area contributed by atoms with Gasteiger partial charge in [-0.3, -0.25) is 5.21 Å². The molecule has 1 fully saturated rings. The number of ether oxygens (including phenoxy) is 1. The van der Waals surface area contributed by atoms with Crippen molar-refractivity contribution in [2.45, 2.75) is 25.4 Å². The lowest BCUT2D eigenvalue weighted by molar-refractivity contribution is -0.0859. The van der Waals surface area contributed by atoms with Gasteiger partial charge in [-0.2, -0.15) is 0 Å². The number of urea groups is 1. The van der Waals surface area contributed by atoms with E-state index in [2.05, 4.69) is 0 Å². The molecule has 0 spiro atoms. The summed E-state index contributed by atoms with van der Waals surface area (Å²) in [5.74, 6) is 0.642. The first-order chi connectivity index (χ1) is 10.2. The first kappa shape index (κ1) is 15.6. The molecule has 1 saturated heterocycles. The second kappa shape index (κ2) is 7.85. The molecule has 6 nitrogen and oxygen atoms in total. The van der Waals surface area contributed by atoms with E-state index in [-0.39, 0.29) is 13.2 Å². The maximum atomic E-state index is 12.0. The summed E-state index contributed by atoms with van der Waals surface area (Å²) >= 11 is 0. The number of carbonyl (C=O) groups is 1. The summed E-state index contributed by atoms with van der Waals surface area (Å²) in [6.07, 6.45) is 2.09. The van der Waals surface area contributed by atoms with Crippen LogP contribution in [-0.2, 0) is 0 Å². The van der Waals surface area contributed by atoms with Gasteiger partial charge in [0, 0.05) is 13.1 Å². The van der Waals surface area contributed by atoms with E-state index < -0.39 is 12.1 Å². The van der Waals surface area contributed by atoms with Crippen molar-refractivity contribution in [3.8, 4) is 5.75 Å². The largest absolute Gasteiger partial charge is 0.491 e. The normalized spacial score (nSPS) is 16.4. The zero-order valence-electron chi connectivity index (χ0n) is 12.0. The summed E-state index contributed by atoms with van der Waals surface area (Å²) in [6, 6.07) is 8.65. The van der Waals surface area contributed by atoms with E-state index in [0.717, 1.165) is 19.3 Å². The van der Waals surface area contributed by atoms with Crippen LogP contribution in [0, 0.1) is 0 Å². The van der Waals surface area contributed by atoms with E-state index >= 15 is 0 Å². The number of hydroxylamine groups is 2. The van der Waals surface area contributed by atoms with Crippen molar-refractivity contribution in [1.82, 2.24) is 9.96 Å². The van der Waals surface area contributed by atoms with Gasteiger partial charge in [0.2, 0.25) is 0 Å². The van der Waals surface area contributed by atoms with Crippen molar-refractivity contribution >= 4 is 6.03 Å². The molecule has 1 aliphatic heterocycles. The minimum atomic E-state index is -0.941. The number of nitrogens with zero attached hydrogens (tertiary/aromatic N) is 2. The van der Waals surface area contributed by atoms with Crippen LogP contribution in [0.4, 0.5) is 4.79 Å². The Kier molecular flexibility index (Phi) is 5.83. The second-order valence-electron chi connectivity index (χ2n) is 5.19. The molecule has 2 rings (SSSR count). The molecule has 1 heterocycles. The Morgan fingerprint density at radius 1 is 1.24 bits per heavy atom. The van der Waals surface area contributed by atoms with Crippen LogP contribution in [0.3, 0.4) is 0 Å². The molecule has 1 aromatic carbocycles. The minimum Gasteiger partial charge on any atom is -0.491 e. The topological polar surface area (TPSA) is 73.2 Å². The highest BCUT2D eigenvalue weighted by Crippen LogP contribution is 2.11. The predicted molar refractivity (Wildman–Crippen MR) is 77.3 cm³/mol. The highest BCUT2D eigenvalue weighted by molar-refractivity contribution is 5.73. The van der Waals surface area contributed by atoms with Crippen molar-refractivity contribution in [3.63, 3.8) is 0 Å². The Morgan fingerprint density at radius 2 is 1.90 bits per heavy atom. The molecule has 0 aliphatic carbocycles. The lowest BCUT2D eigenvalue weighted by atomic mass is 10.1. The van der Waals surface area contributed by atoms with Gasteiger partial charge < -0.3 is 14.7 Å². The first-order valence-electron chi connectivity index (χ1n) is 7.28. The van der Waals surface area contributed by atoms with Crippen LogP contribution in [0.15, 0.2) is 30.3 Å². The minimum absolute atomic E-state index is 0.0222. The van der Waals surface area contributed by atoms with E-state index in [0.29, 0.717) is 23.9 Å². The molecule has 116 valence electrons. The fraction of sp³-hybridized carbons (Fsp3) is 0.533. The number of benzene rings is 1. The van der Waals surface area contributed by atoms with Gasteiger partial charge in [0.25, 0.3) is 0 Å². The summed E-state index contributed by atoms with van der Waals surface area (Å²) in [6.45, 7) is 1.18. The number of likely N-dealkylation sites (tertiary alicyclic amines) is 1. The molecule has 0 aromatic heterocycles. The third kappa shape index (κ3) is 4.91. The average Bonchev–Trinajstić information content (AvgIpc) is 2.54. The van der Waals surface area contributed by atoms with Crippen molar-refractivity contribution in [2.75, 3.05) is 26.2 Å². The molecule has 21 heavy (non-hydrogen) atoms. The highest BCUT2D eigenvalue weighted by atomic mass is 16.5. The molecule has 1 aromatic rings. The Bertz CT molecular complexity index is 435. The smallest absolute Gasteiger partial charge is 0.343 e. The van der Waals surface area contributed by atoms with Crippen molar-refractivity contribution in [1.29, 1.82) is 0 Å². The van der Waals surface area contributed by atoms with Crippen molar-refractivity contribution in [2.24, 2.45) is 0 Å². The second-order valence-corrected chi connectivity index (χ2v) is 5.19. The van der Waals surface area contributed by atoms with Gasteiger partial charge in [0.1, 0.15) is 18.5 Å². The number of aliphatic hydroxyl groups excluding tert-OH is 1. The molecule has 6 heteroatoms. The average molecular weight is 294 g/mol. The third-order valence-electron chi connectivity index (χ3n) is 3.42. The summed E-state index contributed by atoms with van der Waals surface area (Å²) in [5, 5.41) is 20.2. The molecule has 0 saturated carbocycles. The quantitative estimate of drug-likeness (QED) is 0.640. The molecule has 2 N–H and O–H groups in total. The Balaban J connectivity index is 1.73. The summed E-state index contributed by atoms with van der Waals surface area (Å²) in [4.78, 5) is 13.6. The predicted octanol–water partition coefficient (Wildman–Crippen LogP) is 1.72. The van der Waals surface area contributed by atoms with Gasteiger partial charge in [0.05, 0.1) is 6.54 Å². The molecule has 0 radical (unpaired) electrons. The standard InChI is InChI=1S/C15H22N2O4/c18-13(12-21-14-7-3-1-4-8-14)11-17(20)15(19)16-9-5-2-6-10-16/h1,3-4,7-8,13,18,20H,2,5-6,9-12H2/t13-/m0/s1. The monoisotopic (exact) mass is 294 g/mol. The van der Waals surface area contributed by atoms with Gasteiger partial charge in [-0.05, 0) is 31.4 Å². The van der Waals surface area contributed by atoms with Crippen LogP contribution in [0.1, 0.15) is 19.3 Å². The molecule has 0 bridgehead atoms. The Morgan fingerprint density at radius 3 is 2.57 bits per heavy atom. The van der Waals surface area contributed by atoms with E-state index in [1.165, 1.54) is 0 Å². The molecular formula is C15H22N2O4. The van der Waals surface area contributed by atoms with Crippen molar-refractivity contribution < 1.29 is 19.8 Å². The van der Waals surface area contributed by atoms with Gasteiger partial charge in [-0.15, -0.1) is 0 Å².